The molecule has 0 aliphatic carbocycles. The zero-order valence-corrected chi connectivity index (χ0v) is 16.7. The summed E-state index contributed by atoms with van der Waals surface area (Å²) in [5, 5.41) is 0. The molecule has 4 rings (SSSR count). The van der Waals surface area contributed by atoms with E-state index in [4.69, 9.17) is 0 Å². The molecule has 0 unspecified atom stereocenters. The van der Waals surface area contributed by atoms with E-state index in [9.17, 15) is 9.59 Å². The molecule has 146 valence electrons. The van der Waals surface area contributed by atoms with Crippen LogP contribution in [-0.4, -0.2) is 55.4 Å². The summed E-state index contributed by atoms with van der Waals surface area (Å²) in [5.74, 6) is 1.04. The second-order valence-electron chi connectivity index (χ2n) is 7.67. The van der Waals surface area contributed by atoms with Gasteiger partial charge in [0.15, 0.2) is 0 Å². The molecule has 1 saturated heterocycles. The minimum atomic E-state index is -0.415. The van der Waals surface area contributed by atoms with Crippen LogP contribution in [0.25, 0.3) is 0 Å². The Hall–Kier alpha value is -2.89. The van der Waals surface area contributed by atoms with E-state index in [0.717, 1.165) is 43.0 Å². The van der Waals surface area contributed by atoms with Crippen molar-refractivity contribution in [3.05, 3.63) is 53.7 Å². The first-order chi connectivity index (χ1) is 13.5. The van der Waals surface area contributed by atoms with E-state index in [-0.39, 0.29) is 11.8 Å². The molecule has 3 heterocycles. The molecule has 0 atom stereocenters. The Kier molecular flexibility index (Phi) is 4.57. The summed E-state index contributed by atoms with van der Waals surface area (Å²) in [6.07, 6.45) is 3.19. The van der Waals surface area contributed by atoms with Gasteiger partial charge < -0.3 is 14.7 Å². The lowest BCUT2D eigenvalue weighted by molar-refractivity contribution is -0.123. The fraction of sp³-hybridized carbons (Fsp3) is 0.409. The summed E-state index contributed by atoms with van der Waals surface area (Å²) in [6, 6.07) is 11.9. The summed E-state index contributed by atoms with van der Waals surface area (Å²) in [7, 11) is 3.65. The molecule has 0 radical (unpaired) electrons. The Bertz CT molecular complexity index is 901. The number of anilines is 2. The van der Waals surface area contributed by atoms with Crippen molar-refractivity contribution in [2.24, 2.45) is 0 Å². The van der Waals surface area contributed by atoms with Gasteiger partial charge in [-0.25, -0.2) is 4.98 Å². The maximum absolute atomic E-state index is 13.0. The number of fused-ring (bicyclic) bond motifs is 2. The van der Waals surface area contributed by atoms with Gasteiger partial charge in [-0.3, -0.25) is 9.59 Å². The van der Waals surface area contributed by atoms with Crippen molar-refractivity contribution < 1.29 is 9.59 Å². The summed E-state index contributed by atoms with van der Waals surface area (Å²) in [4.78, 5) is 35.5. The molecule has 2 aromatic rings. The quantitative estimate of drug-likeness (QED) is 0.824. The molecule has 1 spiro atoms. The highest BCUT2D eigenvalue weighted by Crippen LogP contribution is 2.47. The molecule has 0 bridgehead atoms. The Labute approximate surface area is 165 Å². The average Bonchev–Trinajstić information content (AvgIpc) is 2.96. The van der Waals surface area contributed by atoms with E-state index in [1.165, 1.54) is 0 Å². The Morgan fingerprint density at radius 3 is 2.54 bits per heavy atom. The van der Waals surface area contributed by atoms with E-state index in [0.29, 0.717) is 12.1 Å². The van der Waals surface area contributed by atoms with Gasteiger partial charge >= 0.3 is 0 Å². The smallest absolute Gasteiger partial charge is 0.255 e. The fourth-order valence-electron chi connectivity index (χ4n) is 4.38. The molecule has 1 fully saturated rings. The van der Waals surface area contributed by atoms with Crippen LogP contribution in [-0.2, 0) is 10.2 Å². The number of aromatic nitrogens is 1. The number of amides is 2. The molecule has 2 aliphatic heterocycles. The van der Waals surface area contributed by atoms with Gasteiger partial charge in [0.2, 0.25) is 5.91 Å². The lowest BCUT2D eigenvalue weighted by atomic mass is 9.73. The lowest BCUT2D eigenvalue weighted by Gasteiger charge is -2.39. The predicted octanol–water partition coefficient (Wildman–Crippen LogP) is 2.69. The number of carbonyl (C=O) groups excluding carboxylic acids is 2. The summed E-state index contributed by atoms with van der Waals surface area (Å²) in [5.41, 5.74) is 2.37. The van der Waals surface area contributed by atoms with Gasteiger partial charge in [0.25, 0.3) is 5.91 Å². The largest absolute Gasteiger partial charge is 0.357 e. The van der Waals surface area contributed by atoms with Gasteiger partial charge in [0, 0.05) is 45.6 Å². The third-order valence-corrected chi connectivity index (χ3v) is 6.25. The van der Waals surface area contributed by atoms with Gasteiger partial charge in [-0.05, 0) is 43.5 Å². The van der Waals surface area contributed by atoms with Crippen LogP contribution < -0.4 is 9.80 Å². The zero-order valence-electron chi connectivity index (χ0n) is 16.7. The second kappa shape index (κ2) is 6.93. The molecule has 1 aromatic heterocycles. The van der Waals surface area contributed by atoms with Crippen LogP contribution in [0, 0.1) is 0 Å². The maximum Gasteiger partial charge on any atom is 0.255 e. The number of likely N-dealkylation sites (N-methyl/N-ethyl adjacent to an activating group) is 1. The average molecular weight is 378 g/mol. The van der Waals surface area contributed by atoms with Crippen molar-refractivity contribution in [2.75, 3.05) is 43.5 Å². The molecule has 28 heavy (non-hydrogen) atoms. The van der Waals surface area contributed by atoms with Gasteiger partial charge in [-0.2, -0.15) is 0 Å². The van der Waals surface area contributed by atoms with Crippen molar-refractivity contribution in [1.82, 2.24) is 9.88 Å². The number of piperidine rings is 1. The number of carbonyl (C=O) groups is 2. The van der Waals surface area contributed by atoms with E-state index in [1.54, 1.807) is 23.0 Å². The van der Waals surface area contributed by atoms with Gasteiger partial charge in [0.05, 0.1) is 11.0 Å². The van der Waals surface area contributed by atoms with Crippen LogP contribution in [0.3, 0.4) is 0 Å². The summed E-state index contributed by atoms with van der Waals surface area (Å²) < 4.78 is 0. The zero-order chi connectivity index (χ0) is 19.9. The Balaban J connectivity index is 1.51. The monoisotopic (exact) mass is 378 g/mol. The first kappa shape index (κ1) is 18.5. The first-order valence-electron chi connectivity index (χ1n) is 9.82. The van der Waals surface area contributed by atoms with Gasteiger partial charge in [-0.15, -0.1) is 0 Å². The number of hydrogen-bond acceptors (Lipinski definition) is 4. The van der Waals surface area contributed by atoms with Crippen LogP contribution in [0.5, 0.6) is 0 Å². The van der Waals surface area contributed by atoms with Crippen LogP contribution >= 0.6 is 0 Å². The number of rotatable bonds is 3. The van der Waals surface area contributed by atoms with Crippen LogP contribution in [0.2, 0.25) is 0 Å². The molecule has 0 N–H and O–H groups in total. The number of para-hydroxylation sites is 1. The Morgan fingerprint density at radius 2 is 1.89 bits per heavy atom. The maximum atomic E-state index is 13.0. The number of nitrogens with zero attached hydrogens (tertiary/aromatic N) is 4. The Morgan fingerprint density at radius 1 is 1.18 bits per heavy atom. The number of hydrogen-bond donors (Lipinski definition) is 0. The molecule has 6 heteroatoms. The predicted molar refractivity (Wildman–Crippen MR) is 110 cm³/mol. The van der Waals surface area contributed by atoms with E-state index >= 15 is 0 Å². The third-order valence-electron chi connectivity index (χ3n) is 6.25. The van der Waals surface area contributed by atoms with E-state index in [2.05, 4.69) is 16.0 Å². The van der Waals surface area contributed by atoms with Gasteiger partial charge in [0.1, 0.15) is 5.82 Å². The van der Waals surface area contributed by atoms with E-state index < -0.39 is 5.41 Å². The SMILES string of the molecule is CCN(C)C(=O)c1ccc(N2CCC3(CC2)C(=O)N(C)c2ccccc23)nc1. The van der Waals surface area contributed by atoms with Crippen molar-refractivity contribution in [3.63, 3.8) is 0 Å². The first-order valence-corrected chi connectivity index (χ1v) is 9.82. The van der Waals surface area contributed by atoms with Crippen LogP contribution in [0.4, 0.5) is 11.5 Å². The van der Waals surface area contributed by atoms with Crippen LogP contribution in [0.1, 0.15) is 35.7 Å². The minimum absolute atomic E-state index is 0.0182. The van der Waals surface area contributed by atoms with Crippen molar-refractivity contribution in [3.8, 4) is 0 Å². The minimum Gasteiger partial charge on any atom is -0.357 e. The molecule has 6 nitrogen and oxygen atoms in total. The number of pyridine rings is 1. The summed E-state index contributed by atoms with van der Waals surface area (Å²) in [6.45, 7) is 4.15. The normalized spacial score (nSPS) is 17.8. The topological polar surface area (TPSA) is 56.8 Å². The molecule has 1 aromatic carbocycles. The highest BCUT2D eigenvalue weighted by Gasteiger charge is 2.50. The second-order valence-corrected chi connectivity index (χ2v) is 7.67. The lowest BCUT2D eigenvalue weighted by Crippen LogP contribution is -2.48. The highest BCUT2D eigenvalue weighted by atomic mass is 16.2. The van der Waals surface area contributed by atoms with Crippen LogP contribution in [0.15, 0.2) is 42.6 Å². The van der Waals surface area contributed by atoms with Crippen molar-refractivity contribution in [1.29, 1.82) is 0 Å². The fourth-order valence-corrected chi connectivity index (χ4v) is 4.38. The summed E-state index contributed by atoms with van der Waals surface area (Å²) >= 11 is 0. The van der Waals surface area contributed by atoms with E-state index in [1.807, 2.05) is 44.3 Å². The van der Waals surface area contributed by atoms with Crippen molar-refractivity contribution in [2.45, 2.75) is 25.2 Å². The molecular weight excluding hydrogens is 352 g/mol. The van der Waals surface area contributed by atoms with Gasteiger partial charge in [-0.1, -0.05) is 18.2 Å². The molecule has 2 aliphatic rings. The highest BCUT2D eigenvalue weighted by molar-refractivity contribution is 6.08. The van der Waals surface area contributed by atoms with Crippen molar-refractivity contribution >= 4 is 23.3 Å². The molecule has 0 saturated carbocycles. The molecule has 2 amide bonds. The standard InChI is InChI=1S/C22H26N4O2/c1-4-24(2)20(27)16-9-10-19(23-15-16)26-13-11-22(12-14-26)17-7-5-6-8-18(17)25(3)21(22)28/h5-10,15H,4,11-14H2,1-3H3. The third kappa shape index (κ3) is 2.75. The number of benzene rings is 1. The molecular formula is C22H26N4O2.